The Morgan fingerprint density at radius 3 is 1.57 bits per heavy atom. The molecule has 0 bridgehead atoms. The fraction of sp³-hybridized carbons (Fsp3) is 0.455. The first-order valence-corrected chi connectivity index (χ1v) is 9.29. The minimum absolute atomic E-state index is 1.19. The summed E-state index contributed by atoms with van der Waals surface area (Å²) in [5, 5.41) is 0. The molecule has 0 aromatic heterocycles. The van der Waals surface area contributed by atoms with Crippen molar-refractivity contribution in [2.24, 2.45) is 0 Å². The molecule has 0 fully saturated rings. The van der Waals surface area contributed by atoms with Gasteiger partial charge in [0.2, 0.25) is 0 Å². The Balaban J connectivity index is 2.07. The molecule has 0 radical (unpaired) electrons. The lowest BCUT2D eigenvalue weighted by Gasteiger charge is -2.38. The van der Waals surface area contributed by atoms with Gasteiger partial charge in [0, 0.05) is 11.1 Å². The van der Waals surface area contributed by atoms with Crippen molar-refractivity contribution in [2.45, 2.75) is 52.6 Å². The van der Waals surface area contributed by atoms with Crippen LogP contribution < -0.4 is 0 Å². The number of quaternary nitrogens is 1. The first-order valence-electron chi connectivity index (χ1n) is 9.29. The van der Waals surface area contributed by atoms with Crippen molar-refractivity contribution >= 4 is 0 Å². The van der Waals surface area contributed by atoms with E-state index in [1.807, 2.05) is 0 Å². The largest absolute Gasteiger partial charge is 0.316 e. The average molecular weight is 308 g/mol. The third-order valence-electron chi connectivity index (χ3n) is 5.31. The Hall–Kier alpha value is -1.60. The summed E-state index contributed by atoms with van der Waals surface area (Å²) < 4.78 is 1.23. The molecular weight excluding hydrogens is 278 g/mol. The topological polar surface area (TPSA) is 0 Å². The van der Waals surface area contributed by atoms with E-state index in [0.29, 0.717) is 0 Å². The van der Waals surface area contributed by atoms with Crippen LogP contribution in [0.15, 0.2) is 48.5 Å². The van der Waals surface area contributed by atoms with Crippen LogP contribution in [0.1, 0.15) is 50.7 Å². The van der Waals surface area contributed by atoms with Crippen molar-refractivity contribution in [1.82, 2.24) is 0 Å². The number of hydrogen-bond donors (Lipinski definition) is 0. The zero-order valence-corrected chi connectivity index (χ0v) is 14.7. The summed E-state index contributed by atoms with van der Waals surface area (Å²) in [5.41, 5.74) is 5.97. The van der Waals surface area contributed by atoms with E-state index in [0.717, 1.165) is 0 Å². The van der Waals surface area contributed by atoms with Crippen molar-refractivity contribution in [1.29, 1.82) is 0 Å². The molecule has 0 unspecified atom stereocenters. The Bertz CT molecular complexity index is 586. The normalized spacial score (nSPS) is 15.6. The summed E-state index contributed by atoms with van der Waals surface area (Å²) in [5.74, 6) is 0. The fourth-order valence-corrected chi connectivity index (χ4v) is 4.04. The lowest BCUT2D eigenvalue weighted by molar-refractivity contribution is -0.953. The Kier molecular flexibility index (Phi) is 5.17. The highest BCUT2D eigenvalue weighted by atomic mass is 15.3. The molecule has 0 saturated heterocycles. The third-order valence-corrected chi connectivity index (χ3v) is 5.31. The van der Waals surface area contributed by atoms with Gasteiger partial charge in [0.1, 0.15) is 13.1 Å². The highest BCUT2D eigenvalue weighted by Crippen LogP contribution is 2.36. The lowest BCUT2D eigenvalue weighted by Crippen LogP contribution is -2.47. The van der Waals surface area contributed by atoms with Gasteiger partial charge in [0.25, 0.3) is 0 Å². The maximum absolute atomic E-state index is 2.35. The molecule has 1 nitrogen and oxygen atoms in total. The van der Waals surface area contributed by atoms with Crippen LogP contribution in [0.5, 0.6) is 0 Å². The third kappa shape index (κ3) is 3.50. The fourth-order valence-electron chi connectivity index (χ4n) is 4.04. The molecule has 1 heteroatoms. The van der Waals surface area contributed by atoms with Gasteiger partial charge in [0.05, 0.1) is 13.1 Å². The first-order chi connectivity index (χ1) is 11.3. The molecule has 0 N–H and O–H groups in total. The first kappa shape index (κ1) is 16.3. The average Bonchev–Trinajstić information content (AvgIpc) is 2.73. The minimum atomic E-state index is 1.19. The van der Waals surface area contributed by atoms with Gasteiger partial charge < -0.3 is 4.48 Å². The summed E-state index contributed by atoms with van der Waals surface area (Å²) >= 11 is 0. The van der Waals surface area contributed by atoms with Crippen molar-refractivity contribution in [3.8, 4) is 11.1 Å². The molecule has 0 atom stereocenters. The van der Waals surface area contributed by atoms with Crippen LogP contribution >= 0.6 is 0 Å². The van der Waals surface area contributed by atoms with Crippen molar-refractivity contribution in [3.05, 3.63) is 59.7 Å². The molecule has 0 saturated carbocycles. The molecular formula is C22H30N+. The molecule has 1 aliphatic rings. The molecule has 0 spiro atoms. The maximum atomic E-state index is 2.35. The second-order valence-corrected chi connectivity index (χ2v) is 7.13. The van der Waals surface area contributed by atoms with E-state index in [1.165, 1.54) is 78.6 Å². The Morgan fingerprint density at radius 1 is 0.696 bits per heavy atom. The van der Waals surface area contributed by atoms with Gasteiger partial charge in [0.15, 0.2) is 0 Å². The molecule has 1 heterocycles. The second-order valence-electron chi connectivity index (χ2n) is 7.13. The predicted molar refractivity (Wildman–Crippen MR) is 99.1 cm³/mol. The highest BCUT2D eigenvalue weighted by molar-refractivity contribution is 5.71. The molecule has 23 heavy (non-hydrogen) atoms. The van der Waals surface area contributed by atoms with Gasteiger partial charge in [-0.25, -0.2) is 0 Å². The van der Waals surface area contributed by atoms with E-state index in [4.69, 9.17) is 0 Å². The smallest absolute Gasteiger partial charge is 0.105 e. The van der Waals surface area contributed by atoms with E-state index in [1.54, 1.807) is 0 Å². The predicted octanol–water partition coefficient (Wildman–Crippen LogP) is 5.78. The van der Waals surface area contributed by atoms with E-state index in [2.05, 4.69) is 62.4 Å². The number of benzene rings is 2. The number of hydrogen-bond acceptors (Lipinski definition) is 0. The summed E-state index contributed by atoms with van der Waals surface area (Å²) in [4.78, 5) is 0. The summed E-state index contributed by atoms with van der Waals surface area (Å²) in [6, 6.07) is 18.1. The van der Waals surface area contributed by atoms with Crippen LogP contribution in [0.2, 0.25) is 0 Å². The zero-order chi connectivity index (χ0) is 16.1. The molecule has 3 rings (SSSR count). The monoisotopic (exact) mass is 308 g/mol. The number of rotatable bonds is 6. The van der Waals surface area contributed by atoms with Crippen molar-refractivity contribution in [3.63, 3.8) is 0 Å². The van der Waals surface area contributed by atoms with Crippen LogP contribution in [-0.4, -0.2) is 17.6 Å². The van der Waals surface area contributed by atoms with Crippen LogP contribution in [0.25, 0.3) is 11.1 Å². The van der Waals surface area contributed by atoms with Gasteiger partial charge in [-0.2, -0.15) is 0 Å². The number of nitrogens with zero attached hydrogens (tertiary/aromatic N) is 1. The minimum Gasteiger partial charge on any atom is -0.316 e. The zero-order valence-electron chi connectivity index (χ0n) is 14.7. The van der Waals surface area contributed by atoms with Gasteiger partial charge in [-0.05, 0) is 24.0 Å². The van der Waals surface area contributed by atoms with Crippen LogP contribution in [-0.2, 0) is 13.1 Å². The van der Waals surface area contributed by atoms with Crippen molar-refractivity contribution in [2.75, 3.05) is 13.1 Å². The Morgan fingerprint density at radius 2 is 1.13 bits per heavy atom. The van der Waals surface area contributed by atoms with Crippen LogP contribution in [0.4, 0.5) is 0 Å². The van der Waals surface area contributed by atoms with E-state index in [9.17, 15) is 0 Å². The molecule has 1 aliphatic heterocycles. The molecule has 2 aromatic rings. The van der Waals surface area contributed by atoms with E-state index < -0.39 is 0 Å². The second kappa shape index (κ2) is 7.31. The van der Waals surface area contributed by atoms with Crippen LogP contribution in [0, 0.1) is 0 Å². The van der Waals surface area contributed by atoms with Gasteiger partial charge >= 0.3 is 0 Å². The summed E-state index contributed by atoms with van der Waals surface area (Å²) in [7, 11) is 0. The lowest BCUT2D eigenvalue weighted by atomic mass is 9.97. The molecule has 122 valence electrons. The summed E-state index contributed by atoms with van der Waals surface area (Å²) in [6.07, 6.45) is 5.23. The molecule has 0 amide bonds. The maximum Gasteiger partial charge on any atom is 0.105 e. The number of fused-ring (bicyclic) bond motifs is 3. The standard InChI is InChI=1S/C22H30N/c1-3-5-15-23(16-6-4-2)17-19-11-7-9-13-21(19)22-14-10-8-12-20(22)18-23/h7-14H,3-6,15-18H2,1-2H3/q+1. The van der Waals surface area contributed by atoms with Crippen LogP contribution in [0.3, 0.4) is 0 Å². The quantitative estimate of drug-likeness (QED) is 0.593. The summed E-state index contributed by atoms with van der Waals surface area (Å²) in [6.45, 7) is 9.61. The van der Waals surface area contributed by atoms with E-state index in [-0.39, 0.29) is 0 Å². The SMILES string of the molecule is CCCC[N+]1(CCCC)Cc2ccccc2-c2ccccc2C1. The van der Waals surface area contributed by atoms with Crippen molar-refractivity contribution < 1.29 is 4.48 Å². The van der Waals surface area contributed by atoms with Gasteiger partial charge in [-0.1, -0.05) is 75.2 Å². The Labute approximate surface area is 141 Å². The van der Waals surface area contributed by atoms with Gasteiger partial charge in [-0.15, -0.1) is 0 Å². The van der Waals surface area contributed by atoms with Gasteiger partial charge in [-0.3, -0.25) is 0 Å². The van der Waals surface area contributed by atoms with E-state index >= 15 is 0 Å². The highest BCUT2D eigenvalue weighted by Gasteiger charge is 2.32. The number of unbranched alkanes of at least 4 members (excludes halogenated alkanes) is 2. The molecule has 0 aliphatic carbocycles. The molecule has 2 aromatic carbocycles.